The molecule has 0 heterocycles. The Balaban J connectivity index is 2.11. The molecule has 19 heavy (non-hydrogen) atoms. The molecule has 1 aliphatic rings. The van der Waals surface area contributed by atoms with Crippen LogP contribution in [0.4, 0.5) is 10.1 Å². The fraction of sp³-hybridized carbons (Fsp3) is 0.538. The quantitative estimate of drug-likeness (QED) is 0.932. The van der Waals surface area contributed by atoms with Gasteiger partial charge in [-0.1, -0.05) is 24.1 Å². The smallest absolute Gasteiger partial charge is 0.150 e. The summed E-state index contributed by atoms with van der Waals surface area (Å²) in [6.07, 6.45) is 4.10. The topological polar surface area (TPSA) is 46.2 Å². The van der Waals surface area contributed by atoms with Crippen LogP contribution in [0.25, 0.3) is 0 Å². The third kappa shape index (κ3) is 3.60. The molecule has 6 heteroatoms. The van der Waals surface area contributed by atoms with Gasteiger partial charge >= 0.3 is 0 Å². The largest absolute Gasteiger partial charge is 0.379 e. The third-order valence-electron chi connectivity index (χ3n) is 3.54. The Labute approximate surface area is 118 Å². The van der Waals surface area contributed by atoms with Crippen molar-refractivity contribution in [1.82, 2.24) is 0 Å². The normalized spacial score (nSPS) is 24.2. The zero-order valence-corrected chi connectivity index (χ0v) is 12.3. The second kappa shape index (κ2) is 5.67. The number of hydrogen-bond donors (Lipinski definition) is 1. The van der Waals surface area contributed by atoms with Gasteiger partial charge in [0.1, 0.15) is 15.7 Å². The SMILES string of the molecule is CS(=O)(=O)C1CCCC(Nc2c(F)cccc2Cl)C1. The van der Waals surface area contributed by atoms with E-state index >= 15 is 0 Å². The summed E-state index contributed by atoms with van der Waals surface area (Å²) in [6.45, 7) is 0. The van der Waals surface area contributed by atoms with Crippen molar-refractivity contribution in [3.05, 3.63) is 29.0 Å². The Hall–Kier alpha value is -0.810. The highest BCUT2D eigenvalue weighted by Crippen LogP contribution is 2.30. The van der Waals surface area contributed by atoms with Gasteiger partial charge in [-0.05, 0) is 31.4 Å². The first kappa shape index (κ1) is 14.6. The number of rotatable bonds is 3. The average Bonchev–Trinajstić information content (AvgIpc) is 2.33. The van der Waals surface area contributed by atoms with E-state index in [2.05, 4.69) is 5.32 Å². The predicted octanol–water partition coefficient (Wildman–Crippen LogP) is 3.25. The van der Waals surface area contributed by atoms with E-state index in [4.69, 9.17) is 11.6 Å². The molecule has 0 radical (unpaired) electrons. The molecule has 1 aliphatic carbocycles. The first-order chi connectivity index (χ1) is 8.88. The van der Waals surface area contributed by atoms with E-state index in [9.17, 15) is 12.8 Å². The van der Waals surface area contributed by atoms with Crippen LogP contribution in [0.3, 0.4) is 0 Å². The fourth-order valence-electron chi connectivity index (χ4n) is 2.50. The maximum atomic E-state index is 13.7. The molecule has 0 bridgehead atoms. The summed E-state index contributed by atoms with van der Waals surface area (Å²) < 4.78 is 36.9. The molecule has 0 amide bonds. The van der Waals surface area contributed by atoms with Gasteiger partial charge in [0.05, 0.1) is 16.0 Å². The van der Waals surface area contributed by atoms with E-state index in [0.717, 1.165) is 12.8 Å². The Morgan fingerprint density at radius 3 is 2.74 bits per heavy atom. The van der Waals surface area contributed by atoms with Gasteiger partial charge in [0.15, 0.2) is 0 Å². The van der Waals surface area contributed by atoms with Crippen LogP contribution in [-0.2, 0) is 9.84 Å². The van der Waals surface area contributed by atoms with Crippen LogP contribution < -0.4 is 5.32 Å². The lowest BCUT2D eigenvalue weighted by molar-refractivity contribution is 0.451. The fourth-order valence-corrected chi connectivity index (χ4v) is 3.90. The van der Waals surface area contributed by atoms with Crippen LogP contribution in [0.5, 0.6) is 0 Å². The van der Waals surface area contributed by atoms with Gasteiger partial charge in [0.25, 0.3) is 0 Å². The second-order valence-electron chi connectivity index (χ2n) is 5.06. The lowest BCUT2D eigenvalue weighted by Gasteiger charge is -2.29. The molecule has 1 aromatic carbocycles. The highest BCUT2D eigenvalue weighted by Gasteiger charge is 2.29. The number of benzene rings is 1. The Morgan fingerprint density at radius 1 is 1.37 bits per heavy atom. The molecule has 1 fully saturated rings. The number of hydrogen-bond acceptors (Lipinski definition) is 3. The van der Waals surface area contributed by atoms with Crippen LogP contribution in [0, 0.1) is 5.82 Å². The molecule has 3 nitrogen and oxygen atoms in total. The standard InChI is InChI=1S/C13H17ClFNO2S/c1-19(17,18)10-5-2-4-9(8-10)16-13-11(14)6-3-7-12(13)15/h3,6-7,9-10,16H,2,4-5,8H2,1H3. The summed E-state index contributed by atoms with van der Waals surface area (Å²) >= 11 is 5.95. The summed E-state index contributed by atoms with van der Waals surface area (Å²) in [5, 5.41) is 3.03. The van der Waals surface area contributed by atoms with Crippen molar-refractivity contribution in [1.29, 1.82) is 0 Å². The van der Waals surface area contributed by atoms with Gasteiger partial charge in [0, 0.05) is 12.3 Å². The maximum absolute atomic E-state index is 13.7. The number of sulfone groups is 1. The molecule has 0 spiro atoms. The summed E-state index contributed by atoms with van der Waals surface area (Å²) in [5.41, 5.74) is 0.267. The van der Waals surface area contributed by atoms with Crippen LogP contribution in [0.1, 0.15) is 25.7 Å². The molecule has 2 unspecified atom stereocenters. The highest BCUT2D eigenvalue weighted by atomic mass is 35.5. The number of halogens is 2. The van der Waals surface area contributed by atoms with Crippen molar-refractivity contribution < 1.29 is 12.8 Å². The van der Waals surface area contributed by atoms with Crippen LogP contribution in [-0.4, -0.2) is 26.0 Å². The van der Waals surface area contributed by atoms with Crippen LogP contribution >= 0.6 is 11.6 Å². The molecule has 0 saturated heterocycles. The molecule has 0 aliphatic heterocycles. The van der Waals surface area contributed by atoms with Gasteiger partial charge in [0.2, 0.25) is 0 Å². The van der Waals surface area contributed by atoms with Gasteiger partial charge in [-0.3, -0.25) is 0 Å². The van der Waals surface area contributed by atoms with E-state index in [0.29, 0.717) is 17.9 Å². The van der Waals surface area contributed by atoms with E-state index in [1.54, 1.807) is 12.1 Å². The van der Waals surface area contributed by atoms with Crippen molar-refractivity contribution in [2.24, 2.45) is 0 Å². The summed E-state index contributed by atoms with van der Waals surface area (Å²) in [6, 6.07) is 4.45. The van der Waals surface area contributed by atoms with E-state index in [1.807, 2.05) is 0 Å². The predicted molar refractivity (Wildman–Crippen MR) is 75.9 cm³/mol. The molecule has 2 rings (SSSR count). The van der Waals surface area contributed by atoms with E-state index in [1.165, 1.54) is 12.3 Å². The van der Waals surface area contributed by atoms with Crippen molar-refractivity contribution in [2.75, 3.05) is 11.6 Å². The first-order valence-corrected chi connectivity index (χ1v) is 8.60. The third-order valence-corrected chi connectivity index (χ3v) is 5.50. The maximum Gasteiger partial charge on any atom is 0.150 e. The van der Waals surface area contributed by atoms with Crippen molar-refractivity contribution in [3.8, 4) is 0 Å². The monoisotopic (exact) mass is 305 g/mol. The minimum Gasteiger partial charge on any atom is -0.379 e. The molecule has 1 saturated carbocycles. The molecule has 0 aromatic heterocycles. The van der Waals surface area contributed by atoms with Crippen molar-refractivity contribution in [2.45, 2.75) is 37.0 Å². The Kier molecular flexibility index (Phi) is 4.36. The molecule has 1 aromatic rings. The van der Waals surface area contributed by atoms with Crippen molar-refractivity contribution in [3.63, 3.8) is 0 Å². The van der Waals surface area contributed by atoms with Crippen LogP contribution in [0.15, 0.2) is 18.2 Å². The average molecular weight is 306 g/mol. The van der Waals surface area contributed by atoms with Gasteiger partial charge < -0.3 is 5.32 Å². The van der Waals surface area contributed by atoms with Gasteiger partial charge in [-0.25, -0.2) is 12.8 Å². The van der Waals surface area contributed by atoms with Gasteiger partial charge in [-0.2, -0.15) is 0 Å². The minimum absolute atomic E-state index is 0.0529. The number of para-hydroxylation sites is 1. The molecule has 2 atom stereocenters. The number of nitrogens with one attached hydrogen (secondary N) is 1. The Bertz CT molecular complexity index is 542. The van der Waals surface area contributed by atoms with Gasteiger partial charge in [-0.15, -0.1) is 0 Å². The number of anilines is 1. The summed E-state index contributed by atoms with van der Waals surface area (Å²) in [5.74, 6) is -0.408. The lowest BCUT2D eigenvalue weighted by Crippen LogP contribution is -2.34. The zero-order chi connectivity index (χ0) is 14.0. The molecule has 106 valence electrons. The van der Waals surface area contributed by atoms with Crippen LogP contribution in [0.2, 0.25) is 5.02 Å². The van der Waals surface area contributed by atoms with Crippen molar-refractivity contribution >= 4 is 27.1 Å². The second-order valence-corrected chi connectivity index (χ2v) is 7.79. The highest BCUT2D eigenvalue weighted by molar-refractivity contribution is 7.91. The molecular formula is C13H17ClFNO2S. The first-order valence-electron chi connectivity index (χ1n) is 6.27. The summed E-state index contributed by atoms with van der Waals surface area (Å²) in [4.78, 5) is 0. The minimum atomic E-state index is -3.04. The molecule has 1 N–H and O–H groups in total. The Morgan fingerprint density at radius 2 is 2.11 bits per heavy atom. The zero-order valence-electron chi connectivity index (χ0n) is 10.7. The lowest BCUT2D eigenvalue weighted by atomic mass is 9.94. The summed E-state index contributed by atoms with van der Waals surface area (Å²) in [7, 11) is -3.04. The van der Waals surface area contributed by atoms with E-state index < -0.39 is 15.7 Å². The van der Waals surface area contributed by atoms with E-state index in [-0.39, 0.29) is 17.0 Å². The molecular weight excluding hydrogens is 289 g/mol.